The third kappa shape index (κ3) is 2.67. The molecule has 1 fully saturated rings. The predicted molar refractivity (Wildman–Crippen MR) is 70.2 cm³/mol. The molecule has 1 unspecified atom stereocenters. The van der Waals surface area contributed by atoms with Gasteiger partial charge in [0.1, 0.15) is 0 Å². The van der Waals surface area contributed by atoms with Gasteiger partial charge in [-0.15, -0.1) is 0 Å². The molecule has 0 aromatic heterocycles. The molecule has 1 N–H and O–H groups in total. The van der Waals surface area contributed by atoms with E-state index in [0.717, 1.165) is 17.8 Å². The molecule has 1 saturated heterocycles. The fourth-order valence-corrected chi connectivity index (χ4v) is 2.39. The van der Waals surface area contributed by atoms with Crippen LogP contribution in [0.5, 0.6) is 0 Å². The minimum absolute atomic E-state index is 0.220. The Morgan fingerprint density at radius 2 is 2.06 bits per heavy atom. The molecule has 3 heteroatoms. The molecule has 1 atom stereocenters. The van der Waals surface area contributed by atoms with E-state index in [-0.39, 0.29) is 11.9 Å². The fourth-order valence-electron chi connectivity index (χ4n) is 2.39. The molecule has 0 saturated carbocycles. The molecular weight excluding hydrogens is 212 g/mol. The van der Waals surface area contributed by atoms with Gasteiger partial charge in [0.2, 0.25) is 5.91 Å². The first-order valence-corrected chi connectivity index (χ1v) is 6.20. The normalized spacial score (nSPS) is 20.4. The predicted octanol–water partition coefficient (Wildman–Crippen LogP) is 2.10. The molecule has 17 heavy (non-hydrogen) atoms. The van der Waals surface area contributed by atoms with Crippen molar-refractivity contribution < 1.29 is 4.79 Å². The molecule has 1 amide bonds. The van der Waals surface area contributed by atoms with Crippen molar-refractivity contribution in [3.8, 4) is 0 Å². The highest BCUT2D eigenvalue weighted by atomic mass is 16.2. The molecule has 92 valence electrons. The minimum atomic E-state index is 0.220. The lowest BCUT2D eigenvalue weighted by Gasteiger charge is -2.20. The lowest BCUT2D eigenvalue weighted by molar-refractivity contribution is -0.117. The highest BCUT2D eigenvalue weighted by Gasteiger charge is 2.31. The van der Waals surface area contributed by atoms with E-state index in [4.69, 9.17) is 0 Å². The van der Waals surface area contributed by atoms with Crippen LogP contribution >= 0.6 is 0 Å². The van der Waals surface area contributed by atoms with Crippen molar-refractivity contribution in [2.45, 2.75) is 39.3 Å². The summed E-state index contributed by atoms with van der Waals surface area (Å²) in [6.07, 6.45) is 0.604. The minimum Gasteiger partial charge on any atom is -0.311 e. The standard InChI is InChI=1S/C14H20N2O/c1-10(2)15-12-8-14(17)16(9-12)13-7-5-4-6-11(13)3/h4-7,10,12,15H,8-9H2,1-3H3. The summed E-state index contributed by atoms with van der Waals surface area (Å²) in [6.45, 7) is 7.05. The van der Waals surface area contributed by atoms with Gasteiger partial charge in [0.25, 0.3) is 0 Å². The molecule has 2 rings (SSSR count). The number of para-hydroxylation sites is 1. The molecule has 0 radical (unpaired) electrons. The Morgan fingerprint density at radius 1 is 1.35 bits per heavy atom. The van der Waals surface area contributed by atoms with Gasteiger partial charge in [0, 0.05) is 30.7 Å². The second-order valence-corrected chi connectivity index (χ2v) is 5.01. The third-order valence-corrected chi connectivity index (χ3v) is 3.10. The van der Waals surface area contributed by atoms with Crippen molar-refractivity contribution in [3.63, 3.8) is 0 Å². The van der Waals surface area contributed by atoms with Crippen LogP contribution in [0.15, 0.2) is 24.3 Å². The number of carbonyl (C=O) groups excluding carboxylic acids is 1. The Morgan fingerprint density at radius 3 is 2.71 bits per heavy atom. The number of benzene rings is 1. The van der Waals surface area contributed by atoms with Gasteiger partial charge in [-0.25, -0.2) is 0 Å². The van der Waals surface area contributed by atoms with Gasteiger partial charge >= 0.3 is 0 Å². The van der Waals surface area contributed by atoms with Gasteiger partial charge in [-0.2, -0.15) is 0 Å². The van der Waals surface area contributed by atoms with E-state index in [1.807, 2.05) is 36.1 Å². The van der Waals surface area contributed by atoms with Crippen LogP contribution in [0.1, 0.15) is 25.8 Å². The van der Waals surface area contributed by atoms with Crippen molar-refractivity contribution >= 4 is 11.6 Å². The number of nitrogens with one attached hydrogen (secondary N) is 1. The Kier molecular flexibility index (Phi) is 3.48. The topological polar surface area (TPSA) is 32.3 Å². The second-order valence-electron chi connectivity index (χ2n) is 5.01. The number of hydrogen-bond donors (Lipinski definition) is 1. The summed E-state index contributed by atoms with van der Waals surface area (Å²) in [7, 11) is 0. The van der Waals surface area contributed by atoms with Crippen molar-refractivity contribution in [1.82, 2.24) is 5.32 Å². The molecule has 1 heterocycles. The van der Waals surface area contributed by atoms with E-state index < -0.39 is 0 Å². The van der Waals surface area contributed by atoms with Crippen LogP contribution < -0.4 is 10.2 Å². The van der Waals surface area contributed by atoms with Crippen LogP contribution in [0.25, 0.3) is 0 Å². The molecule has 1 aromatic carbocycles. The quantitative estimate of drug-likeness (QED) is 0.865. The Hall–Kier alpha value is -1.35. The Balaban J connectivity index is 2.13. The summed E-state index contributed by atoms with van der Waals surface area (Å²) < 4.78 is 0. The molecule has 0 spiro atoms. The van der Waals surface area contributed by atoms with Gasteiger partial charge in [0.15, 0.2) is 0 Å². The number of aryl methyl sites for hydroxylation is 1. The number of hydrogen-bond acceptors (Lipinski definition) is 2. The largest absolute Gasteiger partial charge is 0.311 e. The van der Waals surface area contributed by atoms with E-state index in [9.17, 15) is 4.79 Å². The van der Waals surface area contributed by atoms with E-state index in [0.29, 0.717) is 12.5 Å². The number of nitrogens with zero attached hydrogens (tertiary/aromatic N) is 1. The first-order chi connectivity index (χ1) is 8.08. The molecule has 1 aromatic rings. The molecular formula is C14H20N2O. The summed E-state index contributed by atoms with van der Waals surface area (Å²) in [4.78, 5) is 13.9. The molecule has 1 aliphatic rings. The molecule has 0 bridgehead atoms. The van der Waals surface area contributed by atoms with E-state index in [1.165, 1.54) is 0 Å². The van der Waals surface area contributed by atoms with Crippen molar-refractivity contribution in [1.29, 1.82) is 0 Å². The average molecular weight is 232 g/mol. The summed E-state index contributed by atoms with van der Waals surface area (Å²) in [5.74, 6) is 0.220. The van der Waals surface area contributed by atoms with Crippen molar-refractivity contribution in [2.75, 3.05) is 11.4 Å². The zero-order valence-electron chi connectivity index (χ0n) is 10.7. The second kappa shape index (κ2) is 4.88. The Labute approximate surface area is 103 Å². The van der Waals surface area contributed by atoms with Gasteiger partial charge < -0.3 is 10.2 Å². The highest BCUT2D eigenvalue weighted by Crippen LogP contribution is 2.24. The fraction of sp³-hybridized carbons (Fsp3) is 0.500. The third-order valence-electron chi connectivity index (χ3n) is 3.10. The molecule has 0 aliphatic carbocycles. The number of rotatable bonds is 3. The number of amides is 1. The van der Waals surface area contributed by atoms with Gasteiger partial charge in [-0.3, -0.25) is 4.79 Å². The van der Waals surface area contributed by atoms with Gasteiger partial charge in [-0.1, -0.05) is 32.0 Å². The summed E-state index contributed by atoms with van der Waals surface area (Å²) >= 11 is 0. The zero-order chi connectivity index (χ0) is 12.4. The van der Waals surface area contributed by atoms with Gasteiger partial charge in [0.05, 0.1) is 0 Å². The lowest BCUT2D eigenvalue weighted by atomic mass is 10.2. The van der Waals surface area contributed by atoms with Gasteiger partial charge in [-0.05, 0) is 18.6 Å². The summed E-state index contributed by atoms with van der Waals surface area (Å²) in [5, 5.41) is 3.43. The van der Waals surface area contributed by atoms with Crippen molar-refractivity contribution in [2.24, 2.45) is 0 Å². The summed E-state index contributed by atoms with van der Waals surface area (Å²) in [6, 6.07) is 8.76. The molecule has 1 aliphatic heterocycles. The smallest absolute Gasteiger partial charge is 0.228 e. The summed E-state index contributed by atoms with van der Waals surface area (Å²) in [5.41, 5.74) is 2.21. The SMILES string of the molecule is Cc1ccccc1N1CC(NC(C)C)CC1=O. The van der Waals surface area contributed by atoms with Crippen LogP contribution in [0.3, 0.4) is 0 Å². The van der Waals surface area contributed by atoms with Crippen molar-refractivity contribution in [3.05, 3.63) is 29.8 Å². The van der Waals surface area contributed by atoms with Crippen LogP contribution in [0.2, 0.25) is 0 Å². The maximum absolute atomic E-state index is 12.0. The van der Waals surface area contributed by atoms with E-state index >= 15 is 0 Å². The monoisotopic (exact) mass is 232 g/mol. The highest BCUT2D eigenvalue weighted by molar-refractivity contribution is 5.96. The maximum Gasteiger partial charge on any atom is 0.228 e. The van der Waals surface area contributed by atoms with Crippen LogP contribution in [-0.2, 0) is 4.79 Å². The number of carbonyl (C=O) groups is 1. The Bertz CT molecular complexity index is 414. The lowest BCUT2D eigenvalue weighted by Crippen LogP contribution is -2.37. The number of anilines is 1. The maximum atomic E-state index is 12.0. The first kappa shape index (κ1) is 12.1. The van der Waals surface area contributed by atoms with Crippen LogP contribution in [0.4, 0.5) is 5.69 Å². The molecule has 3 nitrogen and oxygen atoms in total. The van der Waals surface area contributed by atoms with Crippen LogP contribution in [-0.4, -0.2) is 24.5 Å². The van der Waals surface area contributed by atoms with E-state index in [2.05, 4.69) is 19.2 Å². The zero-order valence-corrected chi connectivity index (χ0v) is 10.7. The first-order valence-electron chi connectivity index (χ1n) is 6.20. The van der Waals surface area contributed by atoms with E-state index in [1.54, 1.807) is 0 Å². The average Bonchev–Trinajstić information content (AvgIpc) is 2.59. The van der Waals surface area contributed by atoms with Crippen LogP contribution in [0, 0.1) is 6.92 Å².